The molecule has 7 heteroatoms. The van der Waals surface area contributed by atoms with Crippen molar-refractivity contribution in [2.24, 2.45) is 0 Å². The van der Waals surface area contributed by atoms with E-state index in [9.17, 15) is 9.18 Å². The highest BCUT2D eigenvalue weighted by Gasteiger charge is 2.10. The number of pyridine rings is 1. The summed E-state index contributed by atoms with van der Waals surface area (Å²) >= 11 is 0. The number of furan rings is 1. The van der Waals surface area contributed by atoms with Crippen molar-refractivity contribution in [1.82, 2.24) is 14.7 Å². The minimum atomic E-state index is -0.505. The van der Waals surface area contributed by atoms with Crippen molar-refractivity contribution >= 4 is 0 Å². The molecule has 0 unspecified atom stereocenters. The Balaban J connectivity index is 1.88. The summed E-state index contributed by atoms with van der Waals surface area (Å²) in [4.78, 5) is 15.6. The van der Waals surface area contributed by atoms with Crippen LogP contribution in [-0.4, -0.2) is 14.7 Å². The third kappa shape index (κ3) is 2.30. The first-order chi connectivity index (χ1) is 9.22. The van der Waals surface area contributed by atoms with Gasteiger partial charge in [-0.25, -0.2) is 4.39 Å². The van der Waals surface area contributed by atoms with Gasteiger partial charge in [0.05, 0.1) is 11.8 Å². The second-order valence-corrected chi connectivity index (χ2v) is 3.84. The summed E-state index contributed by atoms with van der Waals surface area (Å²) in [6.07, 6.45) is 4.05. The third-order valence-corrected chi connectivity index (χ3v) is 2.50. The lowest BCUT2D eigenvalue weighted by molar-refractivity contribution is 0.369. The van der Waals surface area contributed by atoms with Gasteiger partial charge < -0.3 is 13.5 Å². The van der Waals surface area contributed by atoms with Gasteiger partial charge >= 0.3 is 0 Å². The molecule has 6 nitrogen and oxygen atoms in total. The lowest BCUT2D eigenvalue weighted by atomic mass is 10.3. The van der Waals surface area contributed by atoms with Crippen molar-refractivity contribution in [3.8, 4) is 11.4 Å². The quantitative estimate of drug-likeness (QED) is 0.717. The standard InChI is InChI=1S/C12H8FN3O3/c13-9-1-2-11(17)16(5-9)6-10-14-12(15-19-10)8-3-4-18-7-8/h1-5,7H,6H2. The van der Waals surface area contributed by atoms with Gasteiger partial charge in [0.1, 0.15) is 18.6 Å². The highest BCUT2D eigenvalue weighted by molar-refractivity contribution is 5.51. The molecule has 3 aromatic rings. The highest BCUT2D eigenvalue weighted by atomic mass is 19.1. The van der Waals surface area contributed by atoms with Crippen molar-refractivity contribution in [3.05, 3.63) is 59.0 Å². The highest BCUT2D eigenvalue weighted by Crippen LogP contribution is 2.15. The lowest BCUT2D eigenvalue weighted by Gasteiger charge is -2.00. The second kappa shape index (κ2) is 4.52. The summed E-state index contributed by atoms with van der Waals surface area (Å²) < 4.78 is 24.1. The summed E-state index contributed by atoms with van der Waals surface area (Å²) in [5.74, 6) is 0.0614. The first-order valence-electron chi connectivity index (χ1n) is 5.43. The van der Waals surface area contributed by atoms with E-state index in [-0.39, 0.29) is 18.0 Å². The van der Waals surface area contributed by atoms with Gasteiger partial charge in [0.2, 0.25) is 11.7 Å². The van der Waals surface area contributed by atoms with E-state index in [1.165, 1.54) is 12.5 Å². The third-order valence-electron chi connectivity index (χ3n) is 2.50. The predicted octanol–water partition coefficient (Wildman–Crippen LogP) is 1.68. The zero-order valence-corrected chi connectivity index (χ0v) is 9.62. The van der Waals surface area contributed by atoms with Gasteiger partial charge in [-0.3, -0.25) is 4.79 Å². The Hall–Kier alpha value is -2.70. The Morgan fingerprint density at radius 3 is 3.00 bits per heavy atom. The zero-order valence-electron chi connectivity index (χ0n) is 9.62. The molecule has 0 saturated heterocycles. The van der Waals surface area contributed by atoms with Gasteiger partial charge in [0.15, 0.2) is 0 Å². The molecule has 3 heterocycles. The number of hydrogen-bond donors (Lipinski definition) is 0. The Morgan fingerprint density at radius 1 is 1.32 bits per heavy atom. The maximum absolute atomic E-state index is 13.0. The van der Waals surface area contributed by atoms with E-state index in [4.69, 9.17) is 8.94 Å². The van der Waals surface area contributed by atoms with Gasteiger partial charge in [-0.05, 0) is 12.1 Å². The van der Waals surface area contributed by atoms with E-state index >= 15 is 0 Å². The van der Waals surface area contributed by atoms with Crippen molar-refractivity contribution in [2.45, 2.75) is 6.54 Å². The molecule has 0 radical (unpaired) electrons. The average Bonchev–Trinajstić information content (AvgIpc) is 3.04. The van der Waals surface area contributed by atoms with Crippen LogP contribution >= 0.6 is 0 Å². The van der Waals surface area contributed by atoms with Crippen LogP contribution in [0.4, 0.5) is 4.39 Å². The van der Waals surface area contributed by atoms with E-state index in [2.05, 4.69) is 10.1 Å². The number of hydrogen-bond acceptors (Lipinski definition) is 5. The molecule has 0 bridgehead atoms. The number of nitrogens with zero attached hydrogens (tertiary/aromatic N) is 3. The molecule has 0 aromatic carbocycles. The summed E-state index contributed by atoms with van der Waals surface area (Å²) in [6, 6.07) is 3.93. The summed E-state index contributed by atoms with van der Waals surface area (Å²) in [5, 5.41) is 3.75. The average molecular weight is 261 g/mol. The minimum Gasteiger partial charge on any atom is -0.472 e. The van der Waals surface area contributed by atoms with Crippen LogP contribution in [0.5, 0.6) is 0 Å². The Morgan fingerprint density at radius 2 is 2.21 bits per heavy atom. The van der Waals surface area contributed by atoms with Gasteiger partial charge in [-0.15, -0.1) is 0 Å². The molecule has 0 aliphatic heterocycles. The molecule has 3 aromatic heterocycles. The van der Waals surface area contributed by atoms with Crippen LogP contribution in [0, 0.1) is 5.82 Å². The maximum Gasteiger partial charge on any atom is 0.251 e. The Kier molecular flexibility index (Phi) is 2.71. The molecule has 19 heavy (non-hydrogen) atoms. The summed E-state index contributed by atoms with van der Waals surface area (Å²) in [7, 11) is 0. The molecule has 0 fully saturated rings. The fraction of sp³-hybridized carbons (Fsp3) is 0.0833. The topological polar surface area (TPSA) is 74.1 Å². The van der Waals surface area contributed by atoms with Crippen LogP contribution in [0.15, 0.2) is 50.7 Å². The van der Waals surface area contributed by atoms with Crippen molar-refractivity contribution in [3.63, 3.8) is 0 Å². The largest absolute Gasteiger partial charge is 0.472 e. The molecule has 3 rings (SSSR count). The monoisotopic (exact) mass is 261 g/mol. The zero-order chi connectivity index (χ0) is 13.2. The molecule has 0 atom stereocenters. The van der Waals surface area contributed by atoms with Crippen molar-refractivity contribution in [2.75, 3.05) is 0 Å². The Labute approximate surface area is 106 Å². The first-order valence-corrected chi connectivity index (χ1v) is 5.43. The molecular formula is C12H8FN3O3. The molecule has 0 saturated carbocycles. The van der Waals surface area contributed by atoms with Gasteiger partial charge in [-0.1, -0.05) is 5.16 Å². The van der Waals surface area contributed by atoms with E-state index in [0.717, 1.165) is 22.9 Å². The van der Waals surface area contributed by atoms with Gasteiger partial charge in [-0.2, -0.15) is 4.98 Å². The predicted molar refractivity (Wildman–Crippen MR) is 61.8 cm³/mol. The molecular weight excluding hydrogens is 253 g/mol. The van der Waals surface area contributed by atoms with Crippen molar-refractivity contribution in [1.29, 1.82) is 0 Å². The normalized spacial score (nSPS) is 10.8. The molecule has 0 aliphatic rings. The second-order valence-electron chi connectivity index (χ2n) is 3.84. The molecule has 0 N–H and O–H groups in total. The van der Waals surface area contributed by atoms with Gasteiger partial charge in [0.25, 0.3) is 5.56 Å². The van der Waals surface area contributed by atoms with E-state index < -0.39 is 5.82 Å². The number of aromatic nitrogens is 3. The summed E-state index contributed by atoms with van der Waals surface area (Å²) in [5.41, 5.74) is 0.325. The molecule has 96 valence electrons. The fourth-order valence-corrected chi connectivity index (χ4v) is 1.60. The molecule has 0 amide bonds. The smallest absolute Gasteiger partial charge is 0.251 e. The lowest BCUT2D eigenvalue weighted by Crippen LogP contribution is -2.19. The SMILES string of the molecule is O=c1ccc(F)cn1Cc1nc(-c2ccoc2)no1. The molecule has 0 spiro atoms. The first kappa shape index (κ1) is 11.4. The van der Waals surface area contributed by atoms with Gasteiger partial charge in [0, 0.05) is 12.3 Å². The van der Waals surface area contributed by atoms with Crippen LogP contribution in [0.25, 0.3) is 11.4 Å². The number of halogens is 1. The number of rotatable bonds is 3. The van der Waals surface area contributed by atoms with Crippen molar-refractivity contribution < 1.29 is 13.3 Å². The van der Waals surface area contributed by atoms with Crippen LogP contribution in [0.1, 0.15) is 5.89 Å². The maximum atomic E-state index is 13.0. The molecule has 0 aliphatic carbocycles. The van der Waals surface area contributed by atoms with E-state index in [1.807, 2.05) is 0 Å². The summed E-state index contributed by atoms with van der Waals surface area (Å²) in [6.45, 7) is 0.0153. The van der Waals surface area contributed by atoms with Crippen LogP contribution in [0.2, 0.25) is 0 Å². The van der Waals surface area contributed by atoms with E-state index in [0.29, 0.717) is 11.4 Å². The Bertz CT molecular complexity index is 746. The fourth-order valence-electron chi connectivity index (χ4n) is 1.60. The van der Waals surface area contributed by atoms with Crippen LogP contribution < -0.4 is 5.56 Å². The van der Waals surface area contributed by atoms with Crippen LogP contribution in [-0.2, 0) is 6.54 Å². The minimum absolute atomic E-state index is 0.0153. The van der Waals surface area contributed by atoms with Crippen LogP contribution in [0.3, 0.4) is 0 Å². The van der Waals surface area contributed by atoms with E-state index in [1.54, 1.807) is 6.07 Å².